The molecule has 0 unspecified atom stereocenters. The smallest absolute Gasteiger partial charge is 0.160 e. The summed E-state index contributed by atoms with van der Waals surface area (Å²) >= 11 is 0. The molecule has 0 aliphatic heterocycles. The summed E-state index contributed by atoms with van der Waals surface area (Å²) in [6, 6.07) is 69.1. The number of anilines is 3. The fourth-order valence-corrected chi connectivity index (χ4v) is 11.9. The van der Waals surface area contributed by atoms with Gasteiger partial charge in [0.15, 0.2) is 5.58 Å². The Hall–Kier alpha value is -7.88. The molecule has 0 radical (unpaired) electrons. The summed E-state index contributed by atoms with van der Waals surface area (Å²) in [5.74, 6) is 0. The molecule has 0 saturated heterocycles. The Morgan fingerprint density at radius 3 is 1.54 bits per heavy atom. The lowest BCUT2D eigenvalue weighted by atomic mass is 9.82. The molecule has 0 saturated carbocycles. The van der Waals surface area contributed by atoms with E-state index in [1.807, 2.05) is 6.07 Å². The van der Waals surface area contributed by atoms with Crippen LogP contribution in [0.4, 0.5) is 17.1 Å². The molecule has 2 heterocycles. The number of hydrogen-bond acceptors (Lipinski definition) is 3. The van der Waals surface area contributed by atoms with Gasteiger partial charge in [0.05, 0.1) is 5.69 Å². The molecule has 65 heavy (non-hydrogen) atoms. The lowest BCUT2D eigenvalue weighted by Gasteiger charge is -2.30. The van der Waals surface area contributed by atoms with Crippen molar-refractivity contribution in [2.45, 2.75) is 38.5 Å². The van der Waals surface area contributed by atoms with E-state index < -0.39 is 0 Å². The first kappa shape index (κ1) is 36.6. The molecular weight excluding hydrogens is 791 g/mol. The Morgan fingerprint density at radius 2 is 0.862 bits per heavy atom. The molecular formula is C62H43NO2. The van der Waals surface area contributed by atoms with Gasteiger partial charge in [-0.15, -0.1) is 0 Å². The number of benzene rings is 10. The number of fused-ring (bicyclic) bond motifs is 16. The van der Waals surface area contributed by atoms with Crippen LogP contribution in [0.25, 0.3) is 98.8 Å². The minimum absolute atomic E-state index is 0.182. The van der Waals surface area contributed by atoms with Crippen molar-refractivity contribution in [3.05, 3.63) is 210 Å². The number of furan rings is 2. The van der Waals surface area contributed by atoms with Crippen LogP contribution in [-0.2, 0) is 10.8 Å². The standard InChI is InChI=1S/C62H43NO2/c1-61(2)49-22-12-9-19-42(49)44-27-25-37(34-51(44)61)63(38-26-28-45-43-20-10-13-23-50(43)62(3,4)52(45)35-38)53-30-29-46(48-33-36-15-5-6-16-39(36)40-17-7-8-18-41(40)48)58-59-56(65-60(53)58)32-31-55-57(59)47-21-11-14-24-54(47)64-55/h5-35H,1-4H3. The first-order valence-electron chi connectivity index (χ1n) is 22.7. The maximum absolute atomic E-state index is 7.38. The van der Waals surface area contributed by atoms with Crippen molar-refractivity contribution >= 4 is 82.5 Å². The van der Waals surface area contributed by atoms with Crippen molar-refractivity contribution in [2.24, 2.45) is 0 Å². The predicted molar refractivity (Wildman–Crippen MR) is 271 cm³/mol. The maximum Gasteiger partial charge on any atom is 0.160 e. The van der Waals surface area contributed by atoms with Gasteiger partial charge in [0, 0.05) is 43.7 Å². The van der Waals surface area contributed by atoms with E-state index in [0.717, 1.165) is 66.5 Å². The monoisotopic (exact) mass is 833 g/mol. The van der Waals surface area contributed by atoms with Gasteiger partial charge in [0.1, 0.15) is 16.7 Å². The third kappa shape index (κ3) is 4.90. The van der Waals surface area contributed by atoms with E-state index >= 15 is 0 Å². The van der Waals surface area contributed by atoms with E-state index in [4.69, 9.17) is 8.83 Å². The van der Waals surface area contributed by atoms with Gasteiger partial charge in [-0.25, -0.2) is 0 Å². The number of rotatable bonds is 4. The van der Waals surface area contributed by atoms with Crippen LogP contribution in [0.3, 0.4) is 0 Å². The van der Waals surface area contributed by atoms with Crippen molar-refractivity contribution in [3.8, 4) is 33.4 Å². The summed E-state index contributed by atoms with van der Waals surface area (Å²) in [4.78, 5) is 2.45. The molecule has 3 heteroatoms. The maximum atomic E-state index is 7.38. The molecule has 2 aliphatic carbocycles. The van der Waals surface area contributed by atoms with Crippen molar-refractivity contribution in [1.29, 1.82) is 0 Å². The van der Waals surface area contributed by atoms with Crippen LogP contribution in [0, 0.1) is 0 Å². The number of para-hydroxylation sites is 1. The molecule has 0 bridgehead atoms. The SMILES string of the molecule is CC1(C)c2ccccc2-c2ccc(N(c3ccc4c(c3)C(C)(C)c3ccccc3-4)c3ccc(-c4cc5ccccc5c5ccccc45)c4c3oc3ccc5oc6ccccc6c5c34)cc21. The second kappa shape index (κ2) is 12.9. The molecule has 0 spiro atoms. The van der Waals surface area contributed by atoms with Gasteiger partial charge in [-0.1, -0.05) is 161 Å². The van der Waals surface area contributed by atoms with Crippen LogP contribution in [0.1, 0.15) is 49.9 Å². The quantitative estimate of drug-likeness (QED) is 0.165. The molecule has 2 aromatic heterocycles. The minimum atomic E-state index is -0.182. The van der Waals surface area contributed by atoms with Crippen LogP contribution in [0.2, 0.25) is 0 Å². The van der Waals surface area contributed by atoms with Crippen molar-refractivity contribution in [1.82, 2.24) is 0 Å². The zero-order chi connectivity index (χ0) is 43.3. The third-order valence-electron chi connectivity index (χ3n) is 15.1. The Kier molecular flexibility index (Phi) is 7.24. The summed E-state index contributed by atoms with van der Waals surface area (Å²) in [5.41, 5.74) is 19.0. The average Bonchev–Trinajstić information content (AvgIpc) is 4.04. The van der Waals surface area contributed by atoms with E-state index in [0.29, 0.717) is 0 Å². The summed E-state index contributed by atoms with van der Waals surface area (Å²) in [6.45, 7) is 9.45. The van der Waals surface area contributed by atoms with E-state index in [1.54, 1.807) is 0 Å². The van der Waals surface area contributed by atoms with Crippen LogP contribution in [-0.4, -0.2) is 0 Å². The van der Waals surface area contributed by atoms with Crippen LogP contribution in [0.15, 0.2) is 197 Å². The van der Waals surface area contributed by atoms with Gasteiger partial charge in [0.25, 0.3) is 0 Å². The fourth-order valence-electron chi connectivity index (χ4n) is 11.9. The highest BCUT2D eigenvalue weighted by molar-refractivity contribution is 6.31. The van der Waals surface area contributed by atoms with E-state index in [-0.39, 0.29) is 10.8 Å². The van der Waals surface area contributed by atoms with Crippen molar-refractivity contribution in [2.75, 3.05) is 4.90 Å². The molecule has 14 rings (SSSR count). The lowest BCUT2D eigenvalue weighted by Crippen LogP contribution is -2.18. The van der Waals surface area contributed by atoms with Crippen LogP contribution >= 0.6 is 0 Å². The van der Waals surface area contributed by atoms with Gasteiger partial charge < -0.3 is 13.7 Å². The summed E-state index contributed by atoms with van der Waals surface area (Å²) in [7, 11) is 0. The highest BCUT2D eigenvalue weighted by Gasteiger charge is 2.38. The Bertz CT molecular complexity index is 3920. The molecule has 0 amide bonds. The highest BCUT2D eigenvalue weighted by atomic mass is 16.3. The second-order valence-electron chi connectivity index (χ2n) is 19.2. The molecule has 10 aromatic carbocycles. The number of nitrogens with zero attached hydrogens (tertiary/aromatic N) is 1. The van der Waals surface area contributed by atoms with E-state index in [9.17, 15) is 0 Å². The van der Waals surface area contributed by atoms with E-state index in [1.165, 1.54) is 71.6 Å². The zero-order valence-electron chi connectivity index (χ0n) is 36.7. The first-order chi connectivity index (χ1) is 31.8. The molecule has 0 atom stereocenters. The molecule has 3 nitrogen and oxygen atoms in total. The fraction of sp³-hybridized carbons (Fsp3) is 0.0968. The zero-order valence-corrected chi connectivity index (χ0v) is 36.7. The third-order valence-corrected chi connectivity index (χ3v) is 15.1. The van der Waals surface area contributed by atoms with Gasteiger partial charge in [-0.2, -0.15) is 0 Å². The molecule has 0 fully saturated rings. The molecule has 2 aliphatic rings. The van der Waals surface area contributed by atoms with Gasteiger partial charge >= 0.3 is 0 Å². The number of hydrogen-bond donors (Lipinski definition) is 0. The van der Waals surface area contributed by atoms with Crippen LogP contribution < -0.4 is 4.90 Å². The first-order valence-corrected chi connectivity index (χ1v) is 22.7. The van der Waals surface area contributed by atoms with Gasteiger partial charge in [0.2, 0.25) is 0 Å². The Balaban J connectivity index is 1.11. The minimum Gasteiger partial charge on any atom is -0.456 e. The second-order valence-corrected chi connectivity index (χ2v) is 19.2. The lowest BCUT2D eigenvalue weighted by molar-refractivity contribution is 0.659. The summed E-state index contributed by atoms with van der Waals surface area (Å²) in [6.07, 6.45) is 0. The normalized spacial score (nSPS) is 14.4. The Labute approximate surface area is 376 Å². The predicted octanol–water partition coefficient (Wildman–Crippen LogP) is 17.5. The molecule has 12 aromatic rings. The van der Waals surface area contributed by atoms with Crippen LogP contribution in [0.5, 0.6) is 0 Å². The van der Waals surface area contributed by atoms with E-state index in [2.05, 4.69) is 215 Å². The average molecular weight is 834 g/mol. The topological polar surface area (TPSA) is 29.5 Å². The highest BCUT2D eigenvalue weighted by Crippen LogP contribution is 2.55. The Morgan fingerprint density at radius 1 is 0.338 bits per heavy atom. The molecule has 0 N–H and O–H groups in total. The summed E-state index contributed by atoms with van der Waals surface area (Å²) in [5, 5.41) is 9.17. The summed E-state index contributed by atoms with van der Waals surface area (Å²) < 4.78 is 14.0. The van der Waals surface area contributed by atoms with Gasteiger partial charge in [-0.05, 0) is 132 Å². The van der Waals surface area contributed by atoms with Crippen molar-refractivity contribution in [3.63, 3.8) is 0 Å². The van der Waals surface area contributed by atoms with Gasteiger partial charge in [-0.3, -0.25) is 0 Å². The molecule has 308 valence electrons. The largest absolute Gasteiger partial charge is 0.456 e. The van der Waals surface area contributed by atoms with Crippen molar-refractivity contribution < 1.29 is 8.83 Å².